The molecule has 3 aromatic carbocycles. The minimum Gasteiger partial charge on any atom is -0.357 e. The first-order chi connectivity index (χ1) is 24.1. The fourth-order valence-corrected chi connectivity index (χ4v) is 8.83. The highest BCUT2D eigenvalue weighted by atomic mass is 15.1. The molecule has 0 saturated heterocycles. The Hall–Kier alpha value is -5.00. The van der Waals surface area contributed by atoms with Crippen molar-refractivity contribution < 1.29 is 0 Å². The van der Waals surface area contributed by atoms with Gasteiger partial charge in [0.05, 0.1) is 5.41 Å². The van der Waals surface area contributed by atoms with Crippen LogP contribution in [0.3, 0.4) is 0 Å². The molecule has 0 radical (unpaired) electrons. The van der Waals surface area contributed by atoms with Gasteiger partial charge in [0.25, 0.3) is 0 Å². The van der Waals surface area contributed by atoms with Gasteiger partial charge < -0.3 is 9.97 Å². The molecule has 0 atom stereocenters. The van der Waals surface area contributed by atoms with E-state index in [-0.39, 0.29) is 11.0 Å². The molecule has 0 amide bonds. The van der Waals surface area contributed by atoms with Crippen LogP contribution >= 0.6 is 0 Å². The molecule has 0 aliphatic heterocycles. The first-order valence-electron chi connectivity index (χ1n) is 17.8. The highest BCUT2D eigenvalue weighted by Gasteiger charge is 2.49. The Labute approximate surface area is 289 Å². The third-order valence-electron chi connectivity index (χ3n) is 11.5. The zero-order valence-electron chi connectivity index (χ0n) is 28.6. The van der Waals surface area contributed by atoms with Crippen LogP contribution in [0.15, 0.2) is 128 Å². The van der Waals surface area contributed by atoms with Crippen LogP contribution in [-0.2, 0) is 36.6 Å². The Morgan fingerprint density at radius 1 is 0.531 bits per heavy atom. The number of nitrogens with one attached hydrogen (secondary N) is 2. The van der Waals surface area contributed by atoms with Gasteiger partial charge in [0.1, 0.15) is 0 Å². The van der Waals surface area contributed by atoms with Crippen molar-refractivity contribution in [2.24, 2.45) is 0 Å². The van der Waals surface area contributed by atoms with Crippen LogP contribution in [0.5, 0.6) is 0 Å². The first kappa shape index (κ1) is 31.3. The normalized spacial score (nSPS) is 15.7. The summed E-state index contributed by atoms with van der Waals surface area (Å²) in [6, 6.07) is 37.7. The number of hydrogen-bond donors (Lipinski definition) is 2. The second-order valence-corrected chi connectivity index (χ2v) is 14.1. The molecular formula is C44H45N5. The Balaban J connectivity index is 1.32. The number of aromatic nitrogens is 4. The van der Waals surface area contributed by atoms with Crippen molar-refractivity contribution in [3.8, 4) is 0 Å². The molecule has 1 fully saturated rings. The van der Waals surface area contributed by atoms with Gasteiger partial charge in [0, 0.05) is 63.5 Å². The van der Waals surface area contributed by atoms with E-state index in [9.17, 15) is 0 Å². The maximum absolute atomic E-state index is 4.29. The summed E-state index contributed by atoms with van der Waals surface area (Å²) in [7, 11) is 4.54. The molecule has 4 heterocycles. The fraction of sp³-hybridized carbons (Fsp3) is 0.273. The molecule has 8 rings (SSSR count). The summed E-state index contributed by atoms with van der Waals surface area (Å²) in [6.45, 7) is 0. The molecular weight excluding hydrogens is 599 g/mol. The number of nitrogens with zero attached hydrogens (tertiary/aromatic N) is 3. The van der Waals surface area contributed by atoms with E-state index < -0.39 is 0 Å². The van der Waals surface area contributed by atoms with Crippen LogP contribution in [0.2, 0.25) is 0 Å². The largest absolute Gasteiger partial charge is 0.357 e. The maximum atomic E-state index is 4.29. The van der Waals surface area contributed by atoms with Gasteiger partial charge in [-0.15, -0.1) is 0 Å². The van der Waals surface area contributed by atoms with Crippen molar-refractivity contribution >= 4 is 21.8 Å². The summed E-state index contributed by atoms with van der Waals surface area (Å²) >= 11 is 0. The minimum absolute atomic E-state index is 0.0306. The Morgan fingerprint density at radius 2 is 0.980 bits per heavy atom. The van der Waals surface area contributed by atoms with Crippen molar-refractivity contribution in [3.63, 3.8) is 0 Å². The number of rotatable bonds is 10. The van der Waals surface area contributed by atoms with E-state index in [0.29, 0.717) is 0 Å². The predicted molar refractivity (Wildman–Crippen MR) is 201 cm³/mol. The smallest absolute Gasteiger partial charge is 0.0511 e. The van der Waals surface area contributed by atoms with E-state index in [0.717, 1.165) is 51.4 Å². The van der Waals surface area contributed by atoms with Gasteiger partial charge >= 0.3 is 0 Å². The van der Waals surface area contributed by atoms with E-state index in [1.54, 1.807) is 0 Å². The summed E-state index contributed by atoms with van der Waals surface area (Å²) in [4.78, 5) is 19.3. The quantitative estimate of drug-likeness (QED) is 0.156. The number of para-hydroxylation sites is 2. The molecule has 0 unspecified atom stereocenters. The van der Waals surface area contributed by atoms with Gasteiger partial charge in [-0.1, -0.05) is 66.7 Å². The highest BCUT2D eigenvalue weighted by Crippen LogP contribution is 2.54. The molecule has 0 bridgehead atoms. The molecule has 5 heteroatoms. The summed E-state index contributed by atoms with van der Waals surface area (Å²) in [6.07, 6.45) is 15.7. The standard InChI is InChI=1S/C44H45N5/c1-49(2)44(34-10-4-3-5-11-34)26-24-43(25-27-44,41-37(18-16-32-20-28-45-29-21-32)35-12-6-8-14-39(35)47-41)42-38(19-17-33-22-30-46-31-23-33)36-13-7-9-15-40(36)48-42/h3-15,20-23,28-31,47-48H,16-19,24-27H2,1-2H3. The number of fused-ring (bicyclic) bond motifs is 2. The van der Waals surface area contributed by atoms with Gasteiger partial charge in [0.15, 0.2) is 0 Å². The second-order valence-electron chi connectivity index (χ2n) is 14.1. The lowest BCUT2D eigenvalue weighted by Crippen LogP contribution is -2.49. The van der Waals surface area contributed by atoms with E-state index >= 15 is 0 Å². The molecule has 49 heavy (non-hydrogen) atoms. The third-order valence-corrected chi connectivity index (χ3v) is 11.5. The van der Waals surface area contributed by atoms with E-state index in [2.05, 4.69) is 142 Å². The topological polar surface area (TPSA) is 60.6 Å². The molecule has 0 spiro atoms. The maximum Gasteiger partial charge on any atom is 0.0511 e. The molecule has 4 aromatic heterocycles. The molecule has 246 valence electrons. The summed E-state index contributed by atoms with van der Waals surface area (Å²) in [5.74, 6) is 0. The van der Waals surface area contributed by atoms with Gasteiger partial charge in [-0.3, -0.25) is 14.9 Å². The number of pyridine rings is 2. The van der Waals surface area contributed by atoms with E-state index in [1.807, 2.05) is 24.8 Å². The van der Waals surface area contributed by atoms with Crippen LogP contribution in [0, 0.1) is 0 Å². The Kier molecular flexibility index (Phi) is 8.38. The zero-order valence-corrected chi connectivity index (χ0v) is 28.6. The lowest BCUT2D eigenvalue weighted by Gasteiger charge is -2.50. The second kappa shape index (κ2) is 13.1. The summed E-state index contributed by atoms with van der Waals surface area (Å²) < 4.78 is 0. The van der Waals surface area contributed by atoms with Gasteiger partial charge in [-0.25, -0.2) is 0 Å². The summed E-state index contributed by atoms with van der Waals surface area (Å²) in [5, 5.41) is 2.68. The monoisotopic (exact) mass is 643 g/mol. The van der Waals surface area contributed by atoms with Crippen molar-refractivity contribution in [1.29, 1.82) is 0 Å². The first-order valence-corrected chi connectivity index (χ1v) is 17.8. The lowest BCUT2D eigenvalue weighted by atomic mass is 9.60. The predicted octanol–water partition coefficient (Wildman–Crippen LogP) is 9.33. The highest BCUT2D eigenvalue weighted by molar-refractivity contribution is 5.88. The molecule has 1 aliphatic rings. The summed E-state index contributed by atoms with van der Waals surface area (Å²) in [5.41, 5.74) is 11.9. The molecule has 5 nitrogen and oxygen atoms in total. The molecule has 1 aliphatic carbocycles. The van der Waals surface area contributed by atoms with Gasteiger partial charge in [0.2, 0.25) is 0 Å². The SMILES string of the molecule is CN(C)C1(c2ccccc2)CCC(c2[nH]c3ccccc3c2CCc2ccncc2)(c2[nH]c3ccccc3c2CCc2ccncc2)CC1. The van der Waals surface area contributed by atoms with Crippen molar-refractivity contribution in [2.45, 2.75) is 62.3 Å². The average Bonchev–Trinajstić information content (AvgIpc) is 3.73. The number of benzene rings is 3. The lowest BCUT2D eigenvalue weighted by molar-refractivity contribution is 0.0727. The molecule has 7 aromatic rings. The minimum atomic E-state index is -0.215. The van der Waals surface area contributed by atoms with Crippen molar-refractivity contribution in [3.05, 3.63) is 167 Å². The van der Waals surface area contributed by atoms with Crippen LogP contribution in [0.1, 0.15) is 64.9 Å². The van der Waals surface area contributed by atoms with E-state index in [4.69, 9.17) is 0 Å². The average molecular weight is 644 g/mol. The van der Waals surface area contributed by atoms with Crippen molar-refractivity contribution in [2.75, 3.05) is 14.1 Å². The van der Waals surface area contributed by atoms with Crippen molar-refractivity contribution in [1.82, 2.24) is 24.8 Å². The van der Waals surface area contributed by atoms with Crippen LogP contribution in [-0.4, -0.2) is 38.9 Å². The van der Waals surface area contributed by atoms with E-state index in [1.165, 1.54) is 61.0 Å². The van der Waals surface area contributed by atoms with Gasteiger partial charge in [-0.2, -0.15) is 0 Å². The van der Waals surface area contributed by atoms with Crippen LogP contribution < -0.4 is 0 Å². The number of aromatic amines is 2. The Bertz CT molecular complexity index is 2030. The molecule has 2 N–H and O–H groups in total. The van der Waals surface area contributed by atoms with Crippen LogP contribution in [0.4, 0.5) is 0 Å². The number of H-pyrrole nitrogens is 2. The van der Waals surface area contributed by atoms with Gasteiger partial charge in [-0.05, 0) is 130 Å². The third kappa shape index (κ3) is 5.66. The zero-order chi connectivity index (χ0) is 33.3. The fourth-order valence-electron chi connectivity index (χ4n) is 8.83. The van der Waals surface area contributed by atoms with Crippen LogP contribution in [0.25, 0.3) is 21.8 Å². The molecule has 1 saturated carbocycles. The Morgan fingerprint density at radius 3 is 1.45 bits per heavy atom. The number of aryl methyl sites for hydroxylation is 4. The number of hydrogen-bond acceptors (Lipinski definition) is 3.